The molecule has 1 amide bonds. The van der Waals surface area contributed by atoms with Crippen LogP contribution in [0.15, 0.2) is 84.1 Å². The molecule has 1 aliphatic heterocycles. The maximum absolute atomic E-state index is 13.9. The average molecular weight is 490 g/mol. The van der Waals surface area contributed by atoms with E-state index in [1.807, 2.05) is 96.6 Å². The molecule has 5 rings (SSSR count). The Kier molecular flexibility index (Phi) is 6.77. The lowest BCUT2D eigenvalue weighted by atomic mass is 10.0. The van der Waals surface area contributed by atoms with Crippen LogP contribution in [0.2, 0.25) is 0 Å². The number of carbonyl (C=O) groups is 1. The number of fused-ring (bicyclic) bond motifs is 1. The third kappa shape index (κ3) is 4.98. The predicted octanol–water partition coefficient (Wildman–Crippen LogP) is 4.50. The molecule has 2 aromatic carbocycles. The summed E-state index contributed by atoms with van der Waals surface area (Å²) < 4.78 is 0. The molecule has 184 valence electrons. The van der Waals surface area contributed by atoms with Crippen LogP contribution in [0.4, 0.5) is 5.69 Å². The molecule has 0 spiro atoms. The van der Waals surface area contributed by atoms with Crippen molar-refractivity contribution in [2.45, 2.75) is 19.9 Å². The first-order valence-electron chi connectivity index (χ1n) is 12.2. The number of benzene rings is 2. The molecule has 1 saturated heterocycles. The summed E-state index contributed by atoms with van der Waals surface area (Å²) in [6.45, 7) is 5.32. The van der Waals surface area contributed by atoms with Gasteiger partial charge < -0.3 is 9.80 Å². The first-order valence-corrected chi connectivity index (χ1v) is 12.2. The van der Waals surface area contributed by atoms with Gasteiger partial charge in [-0.15, -0.1) is 0 Å². The number of amides is 1. The Morgan fingerprint density at radius 1 is 1.08 bits per heavy atom. The highest BCUT2D eigenvalue weighted by atomic mass is 16.2. The van der Waals surface area contributed by atoms with Gasteiger partial charge in [0.05, 0.1) is 28.5 Å². The number of hydrogen-bond donors (Lipinski definition) is 1. The van der Waals surface area contributed by atoms with Crippen LogP contribution < -0.4 is 5.32 Å². The lowest BCUT2D eigenvalue weighted by Crippen LogP contribution is -2.54. The van der Waals surface area contributed by atoms with E-state index in [4.69, 9.17) is 4.99 Å². The van der Waals surface area contributed by atoms with E-state index in [9.17, 15) is 10.1 Å². The Bertz CT molecular complexity index is 1510. The van der Waals surface area contributed by atoms with E-state index in [1.165, 1.54) is 0 Å². The van der Waals surface area contributed by atoms with E-state index in [1.54, 1.807) is 12.4 Å². The Morgan fingerprint density at radius 3 is 2.65 bits per heavy atom. The molecule has 0 radical (unpaired) electrons. The SMILES string of the molecule is Cc1ccccc1N=C(NC#N)N1CCN(C(=O)c2cc3cnccc3nc2C)C(c2ccccc2)C1. The number of nitrogens with zero attached hydrogens (tertiary/aromatic N) is 6. The molecule has 1 fully saturated rings. The fourth-order valence-electron chi connectivity index (χ4n) is 4.69. The zero-order valence-corrected chi connectivity index (χ0v) is 20.8. The fraction of sp³-hybridized carbons (Fsp3) is 0.207. The highest BCUT2D eigenvalue weighted by molar-refractivity contribution is 5.99. The quantitative estimate of drug-likeness (QED) is 0.197. The average Bonchev–Trinajstić information content (AvgIpc) is 2.93. The standard InChI is InChI=1S/C29H27N7O/c1-20-8-6-7-11-25(20)34-29(32-19-30)35-14-15-36(27(18-35)22-9-4-3-5-10-22)28(37)24-16-23-17-31-13-12-26(23)33-21(24)2/h3-13,16-17,27H,14-15,18H2,1-2H3,(H,32,34). The molecule has 1 N–H and O–H groups in total. The molecule has 2 aromatic heterocycles. The summed E-state index contributed by atoms with van der Waals surface area (Å²) in [5.41, 5.74) is 4.89. The van der Waals surface area contributed by atoms with Crippen LogP contribution in [0.1, 0.15) is 33.2 Å². The van der Waals surface area contributed by atoms with Gasteiger partial charge in [-0.3, -0.25) is 20.1 Å². The second-order valence-electron chi connectivity index (χ2n) is 9.02. The Hall–Kier alpha value is -4.77. The molecule has 0 bridgehead atoms. The minimum Gasteiger partial charge on any atom is -0.338 e. The number of rotatable bonds is 3. The van der Waals surface area contributed by atoms with Crippen LogP contribution in [-0.4, -0.2) is 51.3 Å². The summed E-state index contributed by atoms with van der Waals surface area (Å²) in [5.74, 6) is 0.398. The van der Waals surface area contributed by atoms with Crippen molar-refractivity contribution < 1.29 is 4.79 Å². The van der Waals surface area contributed by atoms with Crippen molar-refractivity contribution in [3.05, 3.63) is 102 Å². The third-order valence-corrected chi connectivity index (χ3v) is 6.67. The highest BCUT2D eigenvalue weighted by Crippen LogP contribution is 2.29. The van der Waals surface area contributed by atoms with Gasteiger partial charge in [0.25, 0.3) is 5.91 Å². The molecule has 8 heteroatoms. The van der Waals surface area contributed by atoms with E-state index in [-0.39, 0.29) is 11.9 Å². The van der Waals surface area contributed by atoms with E-state index in [2.05, 4.69) is 15.3 Å². The molecular formula is C29H27N7O. The second kappa shape index (κ2) is 10.5. The summed E-state index contributed by atoms with van der Waals surface area (Å²) >= 11 is 0. The molecule has 4 aromatic rings. The Labute approximate surface area is 215 Å². The van der Waals surface area contributed by atoms with Crippen LogP contribution in [0, 0.1) is 25.3 Å². The van der Waals surface area contributed by atoms with Gasteiger partial charge in [-0.05, 0) is 43.2 Å². The van der Waals surface area contributed by atoms with Gasteiger partial charge >= 0.3 is 0 Å². The normalized spacial score (nSPS) is 15.9. The number of carbonyl (C=O) groups excluding carboxylic acids is 1. The molecule has 1 unspecified atom stereocenters. The van der Waals surface area contributed by atoms with E-state index >= 15 is 0 Å². The first kappa shape index (κ1) is 23.9. The number of aryl methyl sites for hydroxylation is 2. The topological polar surface area (TPSA) is 97.5 Å². The van der Waals surface area contributed by atoms with Crippen molar-refractivity contribution in [3.63, 3.8) is 0 Å². The van der Waals surface area contributed by atoms with Gasteiger partial charge in [0.15, 0.2) is 6.19 Å². The Balaban J connectivity index is 1.50. The maximum Gasteiger partial charge on any atom is 0.256 e. The second-order valence-corrected chi connectivity index (χ2v) is 9.02. The molecule has 1 atom stereocenters. The third-order valence-electron chi connectivity index (χ3n) is 6.67. The van der Waals surface area contributed by atoms with Crippen molar-refractivity contribution in [1.82, 2.24) is 25.1 Å². The number of para-hydroxylation sites is 1. The predicted molar refractivity (Wildman–Crippen MR) is 143 cm³/mol. The lowest BCUT2D eigenvalue weighted by Gasteiger charge is -2.42. The van der Waals surface area contributed by atoms with Crippen molar-refractivity contribution in [3.8, 4) is 6.19 Å². The van der Waals surface area contributed by atoms with E-state index in [0.717, 1.165) is 27.7 Å². The number of hydrogen-bond acceptors (Lipinski definition) is 5. The number of nitrogens with one attached hydrogen (secondary N) is 1. The van der Waals surface area contributed by atoms with E-state index in [0.29, 0.717) is 36.9 Å². The fourth-order valence-corrected chi connectivity index (χ4v) is 4.69. The van der Waals surface area contributed by atoms with Gasteiger partial charge in [0, 0.05) is 37.4 Å². The summed E-state index contributed by atoms with van der Waals surface area (Å²) in [7, 11) is 0. The van der Waals surface area contributed by atoms with Crippen LogP contribution in [0.5, 0.6) is 0 Å². The van der Waals surface area contributed by atoms with Gasteiger partial charge in [-0.25, -0.2) is 4.99 Å². The van der Waals surface area contributed by atoms with Gasteiger partial charge in [-0.2, -0.15) is 5.26 Å². The van der Waals surface area contributed by atoms with Crippen LogP contribution >= 0.6 is 0 Å². The largest absolute Gasteiger partial charge is 0.338 e. The number of guanidine groups is 1. The summed E-state index contributed by atoms with van der Waals surface area (Å²) in [6.07, 6.45) is 5.46. The molecular weight excluding hydrogens is 462 g/mol. The van der Waals surface area contributed by atoms with Gasteiger partial charge in [0.1, 0.15) is 0 Å². The smallest absolute Gasteiger partial charge is 0.256 e. The molecule has 0 aliphatic carbocycles. The molecule has 8 nitrogen and oxygen atoms in total. The minimum absolute atomic E-state index is 0.0742. The lowest BCUT2D eigenvalue weighted by molar-refractivity contribution is 0.0546. The Morgan fingerprint density at radius 2 is 1.86 bits per heavy atom. The molecule has 37 heavy (non-hydrogen) atoms. The molecule has 3 heterocycles. The van der Waals surface area contributed by atoms with Crippen molar-refractivity contribution in [1.29, 1.82) is 5.26 Å². The van der Waals surface area contributed by atoms with Crippen LogP contribution in [0.25, 0.3) is 10.9 Å². The minimum atomic E-state index is -0.242. The highest BCUT2D eigenvalue weighted by Gasteiger charge is 2.34. The molecule has 0 saturated carbocycles. The number of nitriles is 1. The molecule has 1 aliphatic rings. The number of piperazine rings is 1. The number of pyridine rings is 2. The van der Waals surface area contributed by atoms with Crippen LogP contribution in [-0.2, 0) is 0 Å². The monoisotopic (exact) mass is 489 g/mol. The summed E-state index contributed by atoms with van der Waals surface area (Å²) in [4.78, 5) is 31.5. The zero-order chi connectivity index (χ0) is 25.8. The van der Waals surface area contributed by atoms with E-state index < -0.39 is 0 Å². The van der Waals surface area contributed by atoms with Crippen molar-refractivity contribution >= 4 is 28.5 Å². The maximum atomic E-state index is 13.9. The summed E-state index contributed by atoms with van der Waals surface area (Å²) in [5, 5.41) is 13.1. The first-order chi connectivity index (χ1) is 18.0. The number of aliphatic imine (C=N–C) groups is 1. The number of aromatic nitrogens is 2. The van der Waals surface area contributed by atoms with Gasteiger partial charge in [0.2, 0.25) is 5.96 Å². The van der Waals surface area contributed by atoms with Crippen LogP contribution in [0.3, 0.4) is 0 Å². The van der Waals surface area contributed by atoms with Crippen molar-refractivity contribution in [2.24, 2.45) is 4.99 Å². The van der Waals surface area contributed by atoms with Crippen molar-refractivity contribution in [2.75, 3.05) is 19.6 Å². The van der Waals surface area contributed by atoms with Gasteiger partial charge in [-0.1, -0.05) is 48.5 Å². The zero-order valence-electron chi connectivity index (χ0n) is 20.8. The summed E-state index contributed by atoms with van der Waals surface area (Å²) in [6, 6.07) is 21.2.